The van der Waals surface area contributed by atoms with Gasteiger partial charge < -0.3 is 10.3 Å². The van der Waals surface area contributed by atoms with E-state index >= 15 is 0 Å². The summed E-state index contributed by atoms with van der Waals surface area (Å²) in [6, 6.07) is 3.66. The normalized spacial score (nSPS) is 13.4. The van der Waals surface area contributed by atoms with Crippen LogP contribution in [0.25, 0.3) is 11.5 Å². The summed E-state index contributed by atoms with van der Waals surface area (Å²) in [6.07, 6.45) is -3.29. The van der Waals surface area contributed by atoms with Crippen molar-refractivity contribution in [1.82, 2.24) is 10.1 Å². The van der Waals surface area contributed by atoms with Crippen molar-refractivity contribution in [1.29, 1.82) is 0 Å². The van der Waals surface area contributed by atoms with Gasteiger partial charge >= 0.3 is 6.18 Å². The van der Waals surface area contributed by atoms with Gasteiger partial charge in [0.25, 0.3) is 5.89 Å². The molecule has 1 unspecified atom stereocenters. The number of benzene rings is 1. The molecule has 0 saturated carbocycles. The van der Waals surface area contributed by atoms with Crippen molar-refractivity contribution in [2.75, 3.05) is 0 Å². The number of alkyl halides is 3. The minimum absolute atomic E-state index is 0.0357. The van der Waals surface area contributed by atoms with Crippen LogP contribution >= 0.6 is 15.9 Å². The van der Waals surface area contributed by atoms with Crippen LogP contribution in [0.4, 0.5) is 13.2 Å². The average molecular weight is 364 g/mol. The Bertz CT molecular complexity index is 627. The molecule has 0 fully saturated rings. The molecule has 0 aliphatic heterocycles. The Hall–Kier alpha value is -1.41. The second-order valence-corrected chi connectivity index (χ2v) is 5.43. The standard InChI is InChI=1S/C13H13BrF3N3O/c1-2-8(18)6-11-19-12(21-20-11)7-3-4-10(14)9(5-7)13(15,16)17/h3-5,8H,2,6,18H2,1H3. The highest BCUT2D eigenvalue weighted by Crippen LogP contribution is 2.37. The molecule has 1 aromatic carbocycles. The lowest BCUT2D eigenvalue weighted by Crippen LogP contribution is -2.21. The minimum atomic E-state index is -4.46. The smallest absolute Gasteiger partial charge is 0.334 e. The third-order valence-electron chi connectivity index (χ3n) is 2.96. The van der Waals surface area contributed by atoms with E-state index in [9.17, 15) is 13.2 Å². The quantitative estimate of drug-likeness (QED) is 0.897. The van der Waals surface area contributed by atoms with Crippen molar-refractivity contribution >= 4 is 15.9 Å². The second-order valence-electron chi connectivity index (χ2n) is 4.58. The van der Waals surface area contributed by atoms with Gasteiger partial charge in [-0.1, -0.05) is 28.0 Å². The van der Waals surface area contributed by atoms with Crippen LogP contribution in [0.5, 0.6) is 0 Å². The SMILES string of the molecule is CCC(N)Cc1noc(-c2ccc(Br)c(C(F)(F)F)c2)n1. The molecule has 1 aromatic heterocycles. The van der Waals surface area contributed by atoms with Crippen LogP contribution in [0.3, 0.4) is 0 Å². The highest BCUT2D eigenvalue weighted by Gasteiger charge is 2.33. The molecular formula is C13H13BrF3N3O. The lowest BCUT2D eigenvalue weighted by atomic mass is 10.1. The Kier molecular flexibility index (Phi) is 4.67. The largest absolute Gasteiger partial charge is 0.417 e. The van der Waals surface area contributed by atoms with Gasteiger partial charge in [-0.25, -0.2) is 0 Å². The van der Waals surface area contributed by atoms with E-state index in [2.05, 4.69) is 26.1 Å². The number of nitrogens with zero attached hydrogens (tertiary/aromatic N) is 2. The maximum absolute atomic E-state index is 12.9. The molecule has 1 atom stereocenters. The molecule has 0 radical (unpaired) electrons. The molecule has 2 N–H and O–H groups in total. The fraction of sp³-hybridized carbons (Fsp3) is 0.385. The van der Waals surface area contributed by atoms with Crippen molar-refractivity contribution in [3.63, 3.8) is 0 Å². The predicted octanol–water partition coefficient (Wildman–Crippen LogP) is 3.80. The molecule has 4 nitrogen and oxygen atoms in total. The first-order valence-electron chi connectivity index (χ1n) is 6.26. The molecule has 0 spiro atoms. The first-order chi connectivity index (χ1) is 9.81. The van der Waals surface area contributed by atoms with E-state index < -0.39 is 11.7 Å². The number of rotatable bonds is 4. The maximum Gasteiger partial charge on any atom is 0.417 e. The van der Waals surface area contributed by atoms with Gasteiger partial charge in [-0.2, -0.15) is 18.2 Å². The summed E-state index contributed by atoms with van der Waals surface area (Å²) in [5.74, 6) is 0.433. The third-order valence-corrected chi connectivity index (χ3v) is 3.65. The highest BCUT2D eigenvalue weighted by atomic mass is 79.9. The minimum Gasteiger partial charge on any atom is -0.334 e. The Balaban J connectivity index is 2.31. The zero-order valence-electron chi connectivity index (χ0n) is 11.1. The zero-order valence-corrected chi connectivity index (χ0v) is 12.7. The molecule has 8 heteroatoms. The highest BCUT2D eigenvalue weighted by molar-refractivity contribution is 9.10. The van der Waals surface area contributed by atoms with Crippen molar-refractivity contribution in [2.24, 2.45) is 5.73 Å². The van der Waals surface area contributed by atoms with E-state index in [0.717, 1.165) is 12.5 Å². The van der Waals surface area contributed by atoms with Gasteiger partial charge in [-0.05, 0) is 24.6 Å². The van der Waals surface area contributed by atoms with Crippen molar-refractivity contribution < 1.29 is 17.7 Å². The summed E-state index contributed by atoms with van der Waals surface area (Å²) in [5.41, 5.74) is 5.21. The fourth-order valence-corrected chi connectivity index (χ4v) is 2.18. The lowest BCUT2D eigenvalue weighted by molar-refractivity contribution is -0.138. The summed E-state index contributed by atoms with van der Waals surface area (Å²) in [6.45, 7) is 1.93. The predicted molar refractivity (Wildman–Crippen MR) is 74.4 cm³/mol. The van der Waals surface area contributed by atoms with Crippen LogP contribution in [0.15, 0.2) is 27.2 Å². The molecule has 21 heavy (non-hydrogen) atoms. The molecule has 2 rings (SSSR count). The van der Waals surface area contributed by atoms with Gasteiger partial charge in [-0.3, -0.25) is 0 Å². The lowest BCUT2D eigenvalue weighted by Gasteiger charge is -2.09. The molecule has 0 saturated heterocycles. The molecule has 0 bridgehead atoms. The van der Waals surface area contributed by atoms with Gasteiger partial charge in [-0.15, -0.1) is 0 Å². The third kappa shape index (κ3) is 3.82. The summed E-state index contributed by atoms with van der Waals surface area (Å²) < 4.78 is 43.5. The van der Waals surface area contributed by atoms with E-state index in [4.69, 9.17) is 10.3 Å². The maximum atomic E-state index is 12.9. The second kappa shape index (κ2) is 6.15. The fourth-order valence-electron chi connectivity index (χ4n) is 1.71. The first-order valence-corrected chi connectivity index (χ1v) is 7.05. The van der Waals surface area contributed by atoms with Crippen molar-refractivity contribution in [3.05, 3.63) is 34.1 Å². The van der Waals surface area contributed by atoms with Crippen LogP contribution in [0, 0.1) is 0 Å². The van der Waals surface area contributed by atoms with E-state index in [-0.39, 0.29) is 22.0 Å². The summed E-state index contributed by atoms with van der Waals surface area (Å²) in [5, 5.41) is 3.74. The Morgan fingerprint density at radius 3 is 2.71 bits per heavy atom. The number of halogens is 4. The van der Waals surface area contributed by atoms with Crippen LogP contribution in [0.2, 0.25) is 0 Å². The number of hydrogen-bond donors (Lipinski definition) is 1. The zero-order chi connectivity index (χ0) is 15.6. The van der Waals surface area contributed by atoms with Gasteiger partial charge in [0, 0.05) is 22.5 Å². The van der Waals surface area contributed by atoms with Crippen molar-refractivity contribution in [3.8, 4) is 11.5 Å². The van der Waals surface area contributed by atoms with E-state index in [1.165, 1.54) is 12.1 Å². The van der Waals surface area contributed by atoms with E-state index in [0.29, 0.717) is 12.2 Å². The van der Waals surface area contributed by atoms with Gasteiger partial charge in [0.05, 0.1) is 5.56 Å². The van der Waals surface area contributed by atoms with Gasteiger partial charge in [0.2, 0.25) is 0 Å². The molecule has 0 aliphatic carbocycles. The average Bonchev–Trinajstić information content (AvgIpc) is 2.86. The van der Waals surface area contributed by atoms with Crippen LogP contribution in [-0.4, -0.2) is 16.2 Å². The number of hydrogen-bond acceptors (Lipinski definition) is 4. The Morgan fingerprint density at radius 1 is 1.38 bits per heavy atom. The molecule has 0 amide bonds. The van der Waals surface area contributed by atoms with Crippen LogP contribution in [-0.2, 0) is 12.6 Å². The Labute approximate surface area is 127 Å². The molecule has 0 aliphatic rings. The van der Waals surface area contributed by atoms with Gasteiger partial charge in [0.1, 0.15) is 0 Å². The molecule has 114 valence electrons. The van der Waals surface area contributed by atoms with Crippen molar-refractivity contribution in [2.45, 2.75) is 32.0 Å². The van der Waals surface area contributed by atoms with Crippen LogP contribution in [0.1, 0.15) is 24.7 Å². The summed E-state index contributed by atoms with van der Waals surface area (Å²) in [7, 11) is 0. The summed E-state index contributed by atoms with van der Waals surface area (Å²) in [4.78, 5) is 4.08. The topological polar surface area (TPSA) is 64.9 Å². The molecule has 2 aromatic rings. The van der Waals surface area contributed by atoms with Gasteiger partial charge in [0.15, 0.2) is 5.82 Å². The van der Waals surface area contributed by atoms with E-state index in [1.807, 2.05) is 6.92 Å². The Morgan fingerprint density at radius 2 is 2.10 bits per heavy atom. The van der Waals surface area contributed by atoms with E-state index in [1.54, 1.807) is 0 Å². The first kappa shape index (κ1) is 16.0. The number of nitrogens with two attached hydrogens (primary N) is 1. The van der Waals surface area contributed by atoms with Crippen LogP contribution < -0.4 is 5.73 Å². The number of aromatic nitrogens is 2. The summed E-state index contributed by atoms with van der Waals surface area (Å²) >= 11 is 2.88. The molecular weight excluding hydrogens is 351 g/mol. The molecule has 1 heterocycles. The monoisotopic (exact) mass is 363 g/mol.